The minimum Gasteiger partial charge on any atom is -0.253 e. The molecule has 1 aliphatic carbocycles. The van der Waals surface area contributed by atoms with Crippen LogP contribution < -0.4 is 0 Å². The average Bonchev–Trinajstić information content (AvgIpc) is 2.49. The quantitative estimate of drug-likeness (QED) is 0.559. The summed E-state index contributed by atoms with van der Waals surface area (Å²) in [5.74, 6) is 0.891. The van der Waals surface area contributed by atoms with Gasteiger partial charge in [-0.25, -0.2) is 0 Å². The van der Waals surface area contributed by atoms with Gasteiger partial charge in [0.2, 0.25) is 0 Å². The van der Waals surface area contributed by atoms with Crippen molar-refractivity contribution in [1.29, 1.82) is 0 Å². The van der Waals surface area contributed by atoms with Gasteiger partial charge in [0, 0.05) is 11.1 Å². The molecule has 0 N–H and O–H groups in total. The van der Waals surface area contributed by atoms with Crippen molar-refractivity contribution in [2.24, 2.45) is 0 Å². The summed E-state index contributed by atoms with van der Waals surface area (Å²) in [6.45, 7) is 0. The Morgan fingerprint density at radius 3 is 3.00 bits per heavy atom. The van der Waals surface area contributed by atoms with Gasteiger partial charge < -0.3 is 0 Å². The molecule has 0 atom stereocenters. The zero-order chi connectivity index (χ0) is 5.40. The number of nitrogens with zero attached hydrogens (tertiary/aromatic N) is 1. The van der Waals surface area contributed by atoms with Gasteiger partial charge in [-0.1, -0.05) is 0 Å². The molecule has 42 valence electrons. The fraction of sp³-hybridized carbons (Fsp3) is 0.500. The van der Waals surface area contributed by atoms with Crippen LogP contribution in [0.5, 0.6) is 0 Å². The highest BCUT2D eigenvalue weighted by Crippen LogP contribution is 2.41. The van der Waals surface area contributed by atoms with Crippen LogP contribution in [0.1, 0.15) is 23.6 Å². The summed E-state index contributed by atoms with van der Waals surface area (Å²) in [6.07, 6.45) is 4.77. The largest absolute Gasteiger partial charge is 0.253 e. The molecule has 1 saturated carbocycles. The first-order valence-electron chi connectivity index (χ1n) is 2.85. The van der Waals surface area contributed by atoms with Crippen molar-refractivity contribution >= 4 is 11.3 Å². The summed E-state index contributed by atoms with van der Waals surface area (Å²) < 4.78 is 0. The van der Waals surface area contributed by atoms with E-state index in [1.54, 1.807) is 11.3 Å². The van der Waals surface area contributed by atoms with Crippen molar-refractivity contribution < 1.29 is 0 Å². The monoisotopic (exact) mass is 125 g/mol. The second kappa shape index (κ2) is 1.55. The van der Waals surface area contributed by atoms with Crippen LogP contribution in [0.4, 0.5) is 0 Å². The molecule has 0 saturated heterocycles. The SMILES string of the molecule is c1ncc(C2CC2)s1. The van der Waals surface area contributed by atoms with E-state index in [0.29, 0.717) is 0 Å². The van der Waals surface area contributed by atoms with Crippen LogP contribution >= 0.6 is 11.3 Å². The second-order valence-corrected chi connectivity index (χ2v) is 3.10. The van der Waals surface area contributed by atoms with Crippen molar-refractivity contribution in [3.63, 3.8) is 0 Å². The number of hydrogen-bond acceptors (Lipinski definition) is 2. The van der Waals surface area contributed by atoms with Gasteiger partial charge in [0.25, 0.3) is 0 Å². The Morgan fingerprint density at radius 1 is 1.62 bits per heavy atom. The van der Waals surface area contributed by atoms with Gasteiger partial charge in [0.05, 0.1) is 5.51 Å². The van der Waals surface area contributed by atoms with Gasteiger partial charge in [-0.05, 0) is 18.8 Å². The predicted octanol–water partition coefficient (Wildman–Crippen LogP) is 2.02. The van der Waals surface area contributed by atoms with E-state index in [2.05, 4.69) is 4.98 Å². The minimum absolute atomic E-state index is 0.891. The van der Waals surface area contributed by atoms with Crippen LogP contribution in [-0.2, 0) is 0 Å². The average molecular weight is 125 g/mol. The maximum absolute atomic E-state index is 4.00. The highest BCUT2D eigenvalue weighted by atomic mass is 32.1. The molecule has 1 aromatic rings. The third kappa shape index (κ3) is 0.650. The summed E-state index contributed by atoms with van der Waals surface area (Å²) in [4.78, 5) is 5.48. The molecule has 1 aliphatic rings. The first kappa shape index (κ1) is 4.50. The van der Waals surface area contributed by atoms with Crippen LogP contribution in [0.2, 0.25) is 0 Å². The normalized spacial score (nSPS) is 19.0. The van der Waals surface area contributed by atoms with Crippen molar-refractivity contribution in [3.8, 4) is 0 Å². The second-order valence-electron chi connectivity index (χ2n) is 2.18. The fourth-order valence-corrected chi connectivity index (χ4v) is 1.59. The van der Waals surface area contributed by atoms with Gasteiger partial charge in [0.1, 0.15) is 0 Å². The lowest BCUT2D eigenvalue weighted by molar-refractivity contribution is 1.16. The summed E-state index contributed by atoms with van der Waals surface area (Å²) in [7, 11) is 0. The van der Waals surface area contributed by atoms with E-state index in [1.807, 2.05) is 11.7 Å². The molecule has 2 heteroatoms. The molecule has 0 bridgehead atoms. The summed E-state index contributed by atoms with van der Waals surface area (Å²) in [5.41, 5.74) is 1.91. The molecule has 2 rings (SSSR count). The van der Waals surface area contributed by atoms with Crippen LogP contribution in [0.25, 0.3) is 0 Å². The van der Waals surface area contributed by atoms with Crippen molar-refractivity contribution in [2.75, 3.05) is 0 Å². The molecule has 0 radical (unpaired) electrons. The Hall–Kier alpha value is -0.370. The smallest absolute Gasteiger partial charge is 0.0794 e. The number of rotatable bonds is 1. The molecule has 1 fully saturated rings. The van der Waals surface area contributed by atoms with Gasteiger partial charge in [-0.15, -0.1) is 11.3 Å². The van der Waals surface area contributed by atoms with E-state index >= 15 is 0 Å². The van der Waals surface area contributed by atoms with E-state index in [9.17, 15) is 0 Å². The van der Waals surface area contributed by atoms with Crippen LogP contribution in [-0.4, -0.2) is 4.98 Å². The van der Waals surface area contributed by atoms with E-state index in [4.69, 9.17) is 0 Å². The highest BCUT2D eigenvalue weighted by molar-refractivity contribution is 7.09. The predicted molar refractivity (Wildman–Crippen MR) is 34.1 cm³/mol. The van der Waals surface area contributed by atoms with Crippen molar-refractivity contribution in [1.82, 2.24) is 4.98 Å². The summed E-state index contributed by atoms with van der Waals surface area (Å²) in [5, 5.41) is 0. The zero-order valence-corrected chi connectivity index (χ0v) is 5.32. The van der Waals surface area contributed by atoms with Crippen LogP contribution in [0, 0.1) is 0 Å². The molecule has 8 heavy (non-hydrogen) atoms. The Labute approximate surface area is 52.4 Å². The van der Waals surface area contributed by atoms with E-state index < -0.39 is 0 Å². The van der Waals surface area contributed by atoms with Gasteiger partial charge in [-0.3, -0.25) is 4.98 Å². The van der Waals surface area contributed by atoms with Gasteiger partial charge in [-0.2, -0.15) is 0 Å². The third-order valence-electron chi connectivity index (χ3n) is 1.43. The van der Waals surface area contributed by atoms with Crippen molar-refractivity contribution in [3.05, 3.63) is 16.6 Å². The summed E-state index contributed by atoms with van der Waals surface area (Å²) >= 11 is 1.78. The Kier molecular flexibility index (Phi) is 0.875. The first-order valence-corrected chi connectivity index (χ1v) is 3.73. The molecule has 0 spiro atoms. The number of thiazole rings is 1. The zero-order valence-electron chi connectivity index (χ0n) is 4.50. The van der Waals surface area contributed by atoms with E-state index in [0.717, 1.165) is 5.92 Å². The lowest BCUT2D eigenvalue weighted by Crippen LogP contribution is -1.64. The highest BCUT2D eigenvalue weighted by Gasteiger charge is 2.24. The molecule has 0 aliphatic heterocycles. The molecule has 0 aromatic carbocycles. The lowest BCUT2D eigenvalue weighted by atomic mass is 10.4. The molecule has 0 amide bonds. The lowest BCUT2D eigenvalue weighted by Gasteiger charge is -1.80. The fourth-order valence-electron chi connectivity index (χ4n) is 0.795. The van der Waals surface area contributed by atoms with Crippen molar-refractivity contribution in [2.45, 2.75) is 18.8 Å². The molecule has 1 aromatic heterocycles. The molecule has 0 unspecified atom stereocenters. The van der Waals surface area contributed by atoms with Crippen LogP contribution in [0.15, 0.2) is 11.7 Å². The Morgan fingerprint density at radius 2 is 2.50 bits per heavy atom. The first-order chi connectivity index (χ1) is 3.97. The summed E-state index contributed by atoms with van der Waals surface area (Å²) in [6, 6.07) is 0. The number of aromatic nitrogens is 1. The number of hydrogen-bond donors (Lipinski definition) is 0. The molecular weight excluding hydrogens is 118 g/mol. The Balaban J connectivity index is 2.28. The molecule has 1 heterocycles. The maximum Gasteiger partial charge on any atom is 0.0794 e. The van der Waals surface area contributed by atoms with Crippen LogP contribution in [0.3, 0.4) is 0 Å². The standard InChI is InChI=1S/C6H7NS/c1-2-5(1)6-3-7-4-8-6/h3-5H,1-2H2. The van der Waals surface area contributed by atoms with E-state index in [1.165, 1.54) is 17.7 Å². The Bertz CT molecular complexity index is 165. The van der Waals surface area contributed by atoms with E-state index in [-0.39, 0.29) is 0 Å². The molecular formula is C6H7NS. The molecule has 1 nitrogen and oxygen atoms in total. The van der Waals surface area contributed by atoms with Gasteiger partial charge in [0.15, 0.2) is 0 Å². The third-order valence-corrected chi connectivity index (χ3v) is 2.37. The maximum atomic E-state index is 4.00. The minimum atomic E-state index is 0.891. The van der Waals surface area contributed by atoms with Gasteiger partial charge >= 0.3 is 0 Å². The topological polar surface area (TPSA) is 12.9 Å².